The summed E-state index contributed by atoms with van der Waals surface area (Å²) in [5.41, 5.74) is 0. The number of piperidine rings is 1. The van der Waals surface area contributed by atoms with Crippen LogP contribution in [0, 0.1) is 0 Å². The number of carbonyl (C=O) groups is 1. The van der Waals surface area contributed by atoms with Crippen LogP contribution in [0.2, 0.25) is 0 Å². The van der Waals surface area contributed by atoms with Crippen LogP contribution < -0.4 is 10.6 Å². The zero-order chi connectivity index (χ0) is 10.7. The van der Waals surface area contributed by atoms with Crippen LogP contribution in [0.3, 0.4) is 0 Å². The van der Waals surface area contributed by atoms with Crippen molar-refractivity contribution < 1.29 is 4.79 Å². The Morgan fingerprint density at radius 2 is 1.93 bits per heavy atom. The van der Waals surface area contributed by atoms with Gasteiger partial charge in [-0.05, 0) is 45.2 Å². The van der Waals surface area contributed by atoms with Crippen molar-refractivity contribution in [2.24, 2.45) is 0 Å². The average Bonchev–Trinajstić information content (AvgIpc) is 2.23. The van der Waals surface area contributed by atoms with E-state index in [2.05, 4.69) is 10.6 Å². The summed E-state index contributed by atoms with van der Waals surface area (Å²) in [6.07, 6.45) is 5.74. The topological polar surface area (TPSA) is 44.4 Å². The van der Waals surface area contributed by atoms with E-state index < -0.39 is 0 Å². The van der Waals surface area contributed by atoms with E-state index in [1.165, 1.54) is 6.42 Å². The number of carbonyl (C=O) groups excluding carboxylic acids is 1. The van der Waals surface area contributed by atoms with E-state index in [9.17, 15) is 4.79 Å². The fourth-order valence-electron chi connectivity index (χ4n) is 2.19. The maximum Gasteiger partial charge on any atom is 0.317 e. The molecule has 1 heterocycles. The van der Waals surface area contributed by atoms with Gasteiger partial charge in [0.15, 0.2) is 0 Å². The van der Waals surface area contributed by atoms with Crippen molar-refractivity contribution in [2.75, 3.05) is 20.1 Å². The number of hydrogen-bond donors (Lipinski definition) is 2. The van der Waals surface area contributed by atoms with Gasteiger partial charge in [-0.15, -0.1) is 0 Å². The van der Waals surface area contributed by atoms with Crippen LogP contribution in [0.25, 0.3) is 0 Å². The Balaban J connectivity index is 1.77. The third kappa shape index (κ3) is 2.62. The van der Waals surface area contributed by atoms with Gasteiger partial charge in [0.2, 0.25) is 0 Å². The lowest BCUT2D eigenvalue weighted by Gasteiger charge is -2.34. The molecule has 0 aromatic heterocycles. The zero-order valence-electron chi connectivity index (χ0n) is 9.46. The van der Waals surface area contributed by atoms with E-state index in [0.29, 0.717) is 12.1 Å². The van der Waals surface area contributed by atoms with Crippen LogP contribution in [0.5, 0.6) is 0 Å². The molecule has 1 saturated heterocycles. The molecule has 0 spiro atoms. The molecular formula is C11H21N3O. The predicted molar refractivity (Wildman–Crippen MR) is 59.8 cm³/mol. The molecule has 0 atom stereocenters. The fraction of sp³-hybridized carbons (Fsp3) is 0.909. The molecule has 2 N–H and O–H groups in total. The molecule has 0 unspecified atom stereocenters. The maximum atomic E-state index is 11.8. The fourth-order valence-corrected chi connectivity index (χ4v) is 2.19. The molecule has 0 bridgehead atoms. The SMILES string of the molecule is CN(C(=O)NC1CCC1)C1CCNCC1. The summed E-state index contributed by atoms with van der Waals surface area (Å²) in [6.45, 7) is 2.07. The van der Waals surface area contributed by atoms with E-state index in [1.807, 2.05) is 11.9 Å². The van der Waals surface area contributed by atoms with Gasteiger partial charge < -0.3 is 15.5 Å². The van der Waals surface area contributed by atoms with Crippen molar-refractivity contribution in [1.82, 2.24) is 15.5 Å². The molecule has 2 amide bonds. The first-order chi connectivity index (χ1) is 7.27. The van der Waals surface area contributed by atoms with Crippen LogP contribution in [-0.2, 0) is 0 Å². The van der Waals surface area contributed by atoms with Gasteiger partial charge in [0, 0.05) is 19.1 Å². The van der Waals surface area contributed by atoms with Crippen LogP contribution >= 0.6 is 0 Å². The summed E-state index contributed by atoms with van der Waals surface area (Å²) < 4.78 is 0. The molecule has 2 aliphatic rings. The number of urea groups is 1. The first-order valence-electron chi connectivity index (χ1n) is 6.01. The average molecular weight is 211 g/mol. The van der Waals surface area contributed by atoms with Gasteiger partial charge in [-0.25, -0.2) is 4.79 Å². The molecule has 0 aromatic carbocycles. The number of nitrogens with zero attached hydrogens (tertiary/aromatic N) is 1. The van der Waals surface area contributed by atoms with Gasteiger partial charge in [-0.2, -0.15) is 0 Å². The second-order valence-corrected chi connectivity index (χ2v) is 4.67. The van der Waals surface area contributed by atoms with Gasteiger partial charge in [0.25, 0.3) is 0 Å². The van der Waals surface area contributed by atoms with Crippen molar-refractivity contribution in [3.8, 4) is 0 Å². The lowest BCUT2D eigenvalue weighted by molar-refractivity contribution is 0.167. The van der Waals surface area contributed by atoms with Crippen LogP contribution in [0.4, 0.5) is 4.79 Å². The molecule has 0 aromatic rings. The van der Waals surface area contributed by atoms with E-state index in [-0.39, 0.29) is 6.03 Å². The van der Waals surface area contributed by atoms with E-state index in [4.69, 9.17) is 0 Å². The summed E-state index contributed by atoms with van der Waals surface area (Å²) in [6, 6.07) is 0.986. The summed E-state index contributed by atoms with van der Waals surface area (Å²) in [5, 5.41) is 6.39. The second-order valence-electron chi connectivity index (χ2n) is 4.67. The maximum absolute atomic E-state index is 11.8. The van der Waals surface area contributed by atoms with Crippen molar-refractivity contribution in [3.63, 3.8) is 0 Å². The largest absolute Gasteiger partial charge is 0.335 e. The van der Waals surface area contributed by atoms with E-state index in [0.717, 1.165) is 38.8 Å². The Bertz CT molecular complexity index is 222. The molecule has 0 radical (unpaired) electrons. The first-order valence-corrected chi connectivity index (χ1v) is 6.01. The van der Waals surface area contributed by atoms with Gasteiger partial charge in [-0.1, -0.05) is 0 Å². The molecule has 15 heavy (non-hydrogen) atoms. The monoisotopic (exact) mass is 211 g/mol. The van der Waals surface area contributed by atoms with E-state index >= 15 is 0 Å². The van der Waals surface area contributed by atoms with Crippen molar-refractivity contribution >= 4 is 6.03 Å². The Morgan fingerprint density at radius 1 is 1.27 bits per heavy atom. The van der Waals surface area contributed by atoms with Gasteiger partial charge in [0.05, 0.1) is 0 Å². The highest BCUT2D eigenvalue weighted by molar-refractivity contribution is 5.74. The first kappa shape index (κ1) is 10.7. The Labute approximate surface area is 91.4 Å². The zero-order valence-corrected chi connectivity index (χ0v) is 9.46. The molecule has 4 heteroatoms. The normalized spacial score (nSPS) is 23.3. The highest BCUT2D eigenvalue weighted by atomic mass is 16.2. The number of hydrogen-bond acceptors (Lipinski definition) is 2. The van der Waals surface area contributed by atoms with Gasteiger partial charge in [0.1, 0.15) is 0 Å². The molecule has 1 aliphatic heterocycles. The third-order valence-corrected chi connectivity index (χ3v) is 3.61. The minimum absolute atomic E-state index is 0.117. The van der Waals surface area contributed by atoms with Crippen LogP contribution in [0.1, 0.15) is 32.1 Å². The molecule has 1 saturated carbocycles. The molecule has 2 rings (SSSR count). The molecule has 1 aliphatic carbocycles. The summed E-state index contributed by atoms with van der Waals surface area (Å²) in [5.74, 6) is 0. The number of nitrogens with one attached hydrogen (secondary N) is 2. The van der Waals surface area contributed by atoms with E-state index in [1.54, 1.807) is 0 Å². The van der Waals surface area contributed by atoms with Crippen LogP contribution in [0.15, 0.2) is 0 Å². The van der Waals surface area contributed by atoms with Gasteiger partial charge >= 0.3 is 6.03 Å². The highest BCUT2D eigenvalue weighted by Gasteiger charge is 2.25. The third-order valence-electron chi connectivity index (χ3n) is 3.61. The minimum atomic E-state index is 0.117. The lowest BCUT2D eigenvalue weighted by Crippen LogP contribution is -2.51. The molecule has 4 nitrogen and oxygen atoms in total. The molecule has 2 fully saturated rings. The Hall–Kier alpha value is -0.770. The number of rotatable bonds is 2. The van der Waals surface area contributed by atoms with Crippen molar-refractivity contribution in [3.05, 3.63) is 0 Å². The van der Waals surface area contributed by atoms with Crippen molar-refractivity contribution in [2.45, 2.75) is 44.2 Å². The Morgan fingerprint density at radius 3 is 2.47 bits per heavy atom. The standard InChI is InChI=1S/C11H21N3O/c1-14(10-5-7-12-8-6-10)11(15)13-9-3-2-4-9/h9-10,12H,2-8H2,1H3,(H,13,15). The lowest BCUT2D eigenvalue weighted by atomic mass is 9.93. The molecule has 86 valence electrons. The smallest absolute Gasteiger partial charge is 0.317 e. The quantitative estimate of drug-likeness (QED) is 0.713. The summed E-state index contributed by atoms with van der Waals surface area (Å²) in [7, 11) is 1.92. The van der Waals surface area contributed by atoms with Crippen molar-refractivity contribution in [1.29, 1.82) is 0 Å². The van der Waals surface area contributed by atoms with Crippen LogP contribution in [-0.4, -0.2) is 43.2 Å². The second kappa shape index (κ2) is 4.84. The highest BCUT2D eigenvalue weighted by Crippen LogP contribution is 2.19. The van der Waals surface area contributed by atoms with Gasteiger partial charge in [-0.3, -0.25) is 0 Å². The number of amides is 2. The predicted octanol–water partition coefficient (Wildman–Crippen LogP) is 0.932. The molecular weight excluding hydrogens is 190 g/mol. The summed E-state index contributed by atoms with van der Waals surface area (Å²) in [4.78, 5) is 13.7. The summed E-state index contributed by atoms with van der Waals surface area (Å²) >= 11 is 0. The Kier molecular flexibility index (Phi) is 3.46. The minimum Gasteiger partial charge on any atom is -0.335 e.